The molecule has 1 amide bonds. The van der Waals surface area contributed by atoms with E-state index in [0.717, 1.165) is 37.8 Å². The van der Waals surface area contributed by atoms with Gasteiger partial charge in [-0.05, 0) is 49.4 Å². The molecule has 0 radical (unpaired) electrons. The molecule has 4 aliphatic rings. The number of carbonyl (C=O) groups excluding carboxylic acids is 2. The first-order valence-corrected chi connectivity index (χ1v) is 8.60. The molecule has 1 saturated heterocycles. The van der Waals surface area contributed by atoms with E-state index < -0.39 is 0 Å². The van der Waals surface area contributed by atoms with Gasteiger partial charge in [0.15, 0.2) is 5.78 Å². The summed E-state index contributed by atoms with van der Waals surface area (Å²) in [5.74, 6) is 0.834. The molecule has 120 valence electrons. The molecule has 4 heteroatoms. The highest BCUT2D eigenvalue weighted by Crippen LogP contribution is 2.62. The topological polar surface area (TPSA) is 66.4 Å². The Morgan fingerprint density at radius 3 is 2.68 bits per heavy atom. The fourth-order valence-electron chi connectivity index (χ4n) is 5.91. The number of aliphatic hydroxyl groups is 1. The van der Waals surface area contributed by atoms with Crippen molar-refractivity contribution in [1.29, 1.82) is 0 Å². The molecule has 6 atom stereocenters. The van der Waals surface area contributed by atoms with Gasteiger partial charge < -0.3 is 10.4 Å². The molecular weight excluding hydrogens is 278 g/mol. The van der Waals surface area contributed by atoms with Gasteiger partial charge in [-0.1, -0.05) is 13.8 Å². The second kappa shape index (κ2) is 4.44. The average Bonchev–Trinajstić information content (AvgIpc) is 2.77. The molecular formula is C18H25NO3. The molecule has 0 spiro atoms. The predicted molar refractivity (Wildman–Crippen MR) is 81.6 cm³/mol. The van der Waals surface area contributed by atoms with Crippen LogP contribution in [0, 0.1) is 28.6 Å². The van der Waals surface area contributed by atoms with E-state index in [9.17, 15) is 14.7 Å². The quantitative estimate of drug-likeness (QED) is 0.721. The molecule has 3 aliphatic carbocycles. The Balaban J connectivity index is 1.76. The Bertz CT molecular complexity index is 583. The van der Waals surface area contributed by atoms with Gasteiger partial charge in [-0.25, -0.2) is 0 Å². The molecule has 4 nitrogen and oxygen atoms in total. The molecule has 2 saturated carbocycles. The van der Waals surface area contributed by atoms with E-state index in [-0.39, 0.29) is 34.5 Å². The lowest BCUT2D eigenvalue weighted by Gasteiger charge is -2.55. The summed E-state index contributed by atoms with van der Waals surface area (Å²) in [6, 6.07) is 0. The van der Waals surface area contributed by atoms with Gasteiger partial charge in [-0.3, -0.25) is 9.59 Å². The summed E-state index contributed by atoms with van der Waals surface area (Å²) in [6.07, 6.45) is 6.57. The monoisotopic (exact) mass is 303 g/mol. The van der Waals surface area contributed by atoms with Crippen molar-refractivity contribution in [1.82, 2.24) is 5.32 Å². The maximum atomic E-state index is 12.8. The summed E-state index contributed by atoms with van der Waals surface area (Å²) in [5, 5.41) is 13.4. The number of hydrogen-bond acceptors (Lipinski definition) is 3. The predicted octanol–water partition coefficient (Wildman–Crippen LogP) is 2.17. The average molecular weight is 303 g/mol. The number of ketones is 1. The Morgan fingerprint density at radius 2 is 1.91 bits per heavy atom. The minimum atomic E-state index is -0.268. The zero-order valence-electron chi connectivity index (χ0n) is 13.4. The number of nitrogens with one attached hydrogen (secondary N) is 1. The highest BCUT2D eigenvalue weighted by molar-refractivity contribution is 5.96. The lowest BCUT2D eigenvalue weighted by Crippen LogP contribution is -2.56. The number of hydrogen-bond donors (Lipinski definition) is 2. The van der Waals surface area contributed by atoms with E-state index in [0.29, 0.717) is 18.3 Å². The highest BCUT2D eigenvalue weighted by atomic mass is 16.3. The Labute approximate surface area is 131 Å². The Hall–Kier alpha value is -1.16. The fourth-order valence-corrected chi connectivity index (χ4v) is 5.91. The summed E-state index contributed by atoms with van der Waals surface area (Å²) < 4.78 is 0. The summed E-state index contributed by atoms with van der Waals surface area (Å²) in [4.78, 5) is 24.5. The molecule has 3 fully saturated rings. The van der Waals surface area contributed by atoms with Gasteiger partial charge in [-0.15, -0.1) is 0 Å². The van der Waals surface area contributed by atoms with Gasteiger partial charge in [-0.2, -0.15) is 0 Å². The molecule has 0 aromatic carbocycles. The third-order valence-electron chi connectivity index (χ3n) is 7.41. The van der Waals surface area contributed by atoms with Crippen LogP contribution in [0.3, 0.4) is 0 Å². The van der Waals surface area contributed by atoms with Crippen LogP contribution in [0.5, 0.6) is 0 Å². The number of allylic oxidation sites excluding steroid dienone is 2. The largest absolute Gasteiger partial charge is 0.393 e. The smallest absolute Gasteiger partial charge is 0.224 e. The third kappa shape index (κ3) is 1.67. The highest BCUT2D eigenvalue weighted by Gasteiger charge is 2.60. The van der Waals surface area contributed by atoms with Crippen molar-refractivity contribution < 1.29 is 14.7 Å². The number of piperidine rings is 1. The van der Waals surface area contributed by atoms with Crippen LogP contribution in [0.25, 0.3) is 0 Å². The molecule has 22 heavy (non-hydrogen) atoms. The second-order valence-corrected chi connectivity index (χ2v) is 8.30. The van der Waals surface area contributed by atoms with Gasteiger partial charge in [0.1, 0.15) is 0 Å². The normalized spacial score (nSPS) is 50.6. The van der Waals surface area contributed by atoms with Gasteiger partial charge >= 0.3 is 0 Å². The number of carbonyl (C=O) groups is 2. The second-order valence-electron chi connectivity index (χ2n) is 8.30. The van der Waals surface area contributed by atoms with Gasteiger partial charge in [0, 0.05) is 29.5 Å². The zero-order chi connectivity index (χ0) is 15.7. The lowest BCUT2D eigenvalue weighted by atomic mass is 9.49. The maximum absolute atomic E-state index is 12.8. The van der Waals surface area contributed by atoms with E-state index >= 15 is 0 Å². The van der Waals surface area contributed by atoms with Crippen LogP contribution in [0.15, 0.2) is 11.8 Å². The fraction of sp³-hybridized carbons (Fsp3) is 0.778. The van der Waals surface area contributed by atoms with E-state index in [1.54, 1.807) is 6.08 Å². The lowest BCUT2D eigenvalue weighted by molar-refractivity contribution is -0.137. The maximum Gasteiger partial charge on any atom is 0.224 e. The number of fused-ring (bicyclic) bond motifs is 5. The van der Waals surface area contributed by atoms with Crippen molar-refractivity contribution in [3.8, 4) is 0 Å². The summed E-state index contributed by atoms with van der Waals surface area (Å²) in [5.41, 5.74) is 0.662. The van der Waals surface area contributed by atoms with Gasteiger partial charge in [0.2, 0.25) is 5.91 Å². The molecule has 1 heterocycles. The van der Waals surface area contributed by atoms with Crippen molar-refractivity contribution in [3.63, 3.8) is 0 Å². The van der Waals surface area contributed by atoms with E-state index in [1.165, 1.54) is 0 Å². The van der Waals surface area contributed by atoms with Crippen LogP contribution >= 0.6 is 0 Å². The Kier molecular flexibility index (Phi) is 2.91. The van der Waals surface area contributed by atoms with Crippen LogP contribution in [0.2, 0.25) is 0 Å². The van der Waals surface area contributed by atoms with Crippen LogP contribution in [0.1, 0.15) is 52.4 Å². The van der Waals surface area contributed by atoms with Crippen LogP contribution < -0.4 is 5.32 Å². The summed E-state index contributed by atoms with van der Waals surface area (Å²) in [7, 11) is 0. The zero-order valence-corrected chi connectivity index (χ0v) is 13.4. The minimum Gasteiger partial charge on any atom is -0.393 e. The molecule has 2 N–H and O–H groups in total. The molecule has 1 aliphatic heterocycles. The number of aliphatic hydroxyl groups excluding tert-OH is 1. The molecule has 1 unspecified atom stereocenters. The van der Waals surface area contributed by atoms with E-state index in [2.05, 4.69) is 19.2 Å². The van der Waals surface area contributed by atoms with Crippen molar-refractivity contribution in [3.05, 3.63) is 11.8 Å². The summed E-state index contributed by atoms with van der Waals surface area (Å²) in [6.45, 7) is 4.39. The minimum absolute atomic E-state index is 0.0275. The third-order valence-corrected chi connectivity index (χ3v) is 7.41. The van der Waals surface area contributed by atoms with Crippen molar-refractivity contribution >= 4 is 11.7 Å². The van der Waals surface area contributed by atoms with Crippen LogP contribution in [-0.2, 0) is 9.59 Å². The van der Waals surface area contributed by atoms with Gasteiger partial charge in [0.25, 0.3) is 0 Å². The SMILES string of the molecule is C[C@]12CCC(=O)NC1=CC(=O)[C@@H]1[C@H]2CC[C@]2(C)C(O)CC[C@@H]12. The van der Waals surface area contributed by atoms with Gasteiger partial charge in [0.05, 0.1) is 6.10 Å². The molecule has 0 bridgehead atoms. The van der Waals surface area contributed by atoms with Crippen molar-refractivity contribution in [2.75, 3.05) is 0 Å². The standard InChI is InChI=1S/C18H25NO3/c1-17-8-6-15(22)19-13(17)9-12(20)16-10-3-4-14(21)18(10,2)7-5-11(16)17/h9-11,14,16,21H,3-8H2,1-2H3,(H,19,22)/t10-,11+,14?,16-,17+,18-/m0/s1. The summed E-state index contributed by atoms with van der Waals surface area (Å²) >= 11 is 0. The molecule has 0 aromatic rings. The first kappa shape index (κ1) is 14.4. The van der Waals surface area contributed by atoms with E-state index in [1.807, 2.05) is 0 Å². The first-order chi connectivity index (χ1) is 10.4. The number of amides is 1. The number of rotatable bonds is 0. The van der Waals surface area contributed by atoms with Crippen LogP contribution in [-0.4, -0.2) is 22.9 Å². The van der Waals surface area contributed by atoms with Crippen LogP contribution in [0.4, 0.5) is 0 Å². The van der Waals surface area contributed by atoms with E-state index in [4.69, 9.17) is 0 Å². The Morgan fingerprint density at radius 1 is 1.14 bits per heavy atom. The van der Waals surface area contributed by atoms with Crippen molar-refractivity contribution in [2.45, 2.75) is 58.5 Å². The molecule has 0 aromatic heterocycles. The first-order valence-electron chi connectivity index (χ1n) is 8.60. The van der Waals surface area contributed by atoms with Crippen molar-refractivity contribution in [2.24, 2.45) is 28.6 Å². The molecule has 4 rings (SSSR count).